The number of carbonyl (C=O) groups excluding carboxylic acids is 1. The SMILES string of the molecule is CC1(c2ccccc2)CC(c2csc(N(/N=C/c3ccccn3)C(=O)CCl)n2)C1. The highest BCUT2D eigenvalue weighted by Gasteiger charge is 2.43. The Morgan fingerprint density at radius 1 is 1.28 bits per heavy atom. The number of rotatable bonds is 6. The van der Waals surface area contributed by atoms with Gasteiger partial charge >= 0.3 is 0 Å². The zero-order valence-electron chi connectivity index (χ0n) is 16.0. The lowest BCUT2D eigenvalue weighted by atomic mass is 9.59. The van der Waals surface area contributed by atoms with Crippen LogP contribution in [-0.4, -0.2) is 28.0 Å². The highest BCUT2D eigenvalue weighted by atomic mass is 35.5. The molecule has 2 aromatic heterocycles. The minimum Gasteiger partial charge on any atom is -0.271 e. The van der Waals surface area contributed by atoms with Crippen molar-refractivity contribution < 1.29 is 4.79 Å². The van der Waals surface area contributed by atoms with Gasteiger partial charge in [0, 0.05) is 17.5 Å². The Hall–Kier alpha value is -2.57. The molecule has 1 aliphatic carbocycles. The number of benzene rings is 1. The monoisotopic (exact) mass is 424 g/mol. The number of aromatic nitrogens is 2. The number of hydrazone groups is 1. The second kappa shape index (κ2) is 8.43. The largest absolute Gasteiger partial charge is 0.271 e. The Balaban J connectivity index is 1.49. The number of hydrogen-bond acceptors (Lipinski definition) is 5. The number of hydrogen-bond donors (Lipinski definition) is 0. The highest BCUT2D eigenvalue weighted by molar-refractivity contribution is 7.14. The summed E-state index contributed by atoms with van der Waals surface area (Å²) in [4.78, 5) is 21.2. The zero-order chi connectivity index (χ0) is 20.3. The summed E-state index contributed by atoms with van der Waals surface area (Å²) in [5.74, 6) is -0.0929. The smallest absolute Gasteiger partial charge is 0.264 e. The van der Waals surface area contributed by atoms with Gasteiger partial charge in [0.05, 0.1) is 17.6 Å². The molecule has 4 rings (SSSR count). The number of pyridine rings is 1. The molecule has 1 fully saturated rings. The number of carbonyl (C=O) groups is 1. The van der Waals surface area contributed by atoms with E-state index >= 15 is 0 Å². The van der Waals surface area contributed by atoms with Crippen molar-refractivity contribution in [2.75, 3.05) is 10.9 Å². The molecule has 148 valence electrons. The lowest BCUT2D eigenvalue weighted by Crippen LogP contribution is -2.37. The summed E-state index contributed by atoms with van der Waals surface area (Å²) in [7, 11) is 0. The van der Waals surface area contributed by atoms with E-state index in [0.717, 1.165) is 18.5 Å². The van der Waals surface area contributed by atoms with Crippen molar-refractivity contribution in [3.05, 3.63) is 77.1 Å². The van der Waals surface area contributed by atoms with Crippen molar-refractivity contribution in [1.29, 1.82) is 0 Å². The van der Waals surface area contributed by atoms with Gasteiger partial charge in [0.15, 0.2) is 0 Å². The van der Waals surface area contributed by atoms with E-state index in [4.69, 9.17) is 16.6 Å². The average Bonchev–Trinajstić information content (AvgIpc) is 3.22. The molecule has 0 aliphatic heterocycles. The minimum absolute atomic E-state index is 0.163. The van der Waals surface area contributed by atoms with Crippen LogP contribution in [0.4, 0.5) is 5.13 Å². The zero-order valence-corrected chi connectivity index (χ0v) is 17.6. The molecular weight excluding hydrogens is 404 g/mol. The van der Waals surface area contributed by atoms with Crippen LogP contribution in [0.25, 0.3) is 0 Å². The molecule has 0 radical (unpaired) electrons. The van der Waals surface area contributed by atoms with Gasteiger partial charge in [0.2, 0.25) is 5.13 Å². The maximum absolute atomic E-state index is 12.3. The first-order chi connectivity index (χ1) is 14.1. The number of halogens is 1. The fourth-order valence-corrected chi connectivity index (χ4v) is 4.71. The molecule has 0 unspecified atom stereocenters. The molecule has 3 aromatic rings. The second-order valence-electron chi connectivity index (χ2n) is 7.43. The van der Waals surface area contributed by atoms with Gasteiger partial charge in [0.1, 0.15) is 5.88 Å². The summed E-state index contributed by atoms with van der Waals surface area (Å²) in [5, 5.41) is 8.11. The maximum atomic E-state index is 12.3. The first kappa shape index (κ1) is 19.7. The molecule has 1 aliphatic rings. The van der Waals surface area contributed by atoms with Crippen molar-refractivity contribution in [3.63, 3.8) is 0 Å². The number of anilines is 1. The lowest BCUT2D eigenvalue weighted by molar-refractivity contribution is -0.116. The van der Waals surface area contributed by atoms with Crippen molar-refractivity contribution in [1.82, 2.24) is 9.97 Å². The molecule has 0 atom stereocenters. The predicted molar refractivity (Wildman–Crippen MR) is 118 cm³/mol. The molecule has 1 saturated carbocycles. The molecule has 0 N–H and O–H groups in total. The summed E-state index contributed by atoms with van der Waals surface area (Å²) in [6.07, 6.45) is 5.31. The Morgan fingerprint density at radius 2 is 2.03 bits per heavy atom. The van der Waals surface area contributed by atoms with E-state index in [1.165, 1.54) is 21.9 Å². The number of alkyl halides is 1. The molecule has 1 aromatic carbocycles. The van der Waals surface area contributed by atoms with E-state index in [1.807, 2.05) is 29.6 Å². The highest BCUT2D eigenvalue weighted by Crippen LogP contribution is 2.52. The molecule has 1 amide bonds. The lowest BCUT2D eigenvalue weighted by Gasteiger charge is -2.45. The Labute approximate surface area is 179 Å². The average molecular weight is 425 g/mol. The van der Waals surface area contributed by atoms with Crippen LogP contribution in [0.1, 0.15) is 42.6 Å². The fraction of sp³-hybridized carbons (Fsp3) is 0.273. The summed E-state index contributed by atoms with van der Waals surface area (Å²) >= 11 is 7.20. The molecular formula is C22H21ClN4OS. The molecule has 0 saturated heterocycles. The fourth-order valence-electron chi connectivity index (χ4n) is 3.72. The normalized spacial score (nSPS) is 21.1. The third kappa shape index (κ3) is 4.23. The third-order valence-corrected chi connectivity index (χ3v) is 6.38. The first-order valence-electron chi connectivity index (χ1n) is 9.44. The van der Waals surface area contributed by atoms with Gasteiger partial charge in [-0.25, -0.2) is 4.98 Å². The summed E-state index contributed by atoms with van der Waals surface area (Å²) in [6, 6.07) is 16.1. The van der Waals surface area contributed by atoms with Crippen LogP contribution >= 0.6 is 22.9 Å². The molecule has 29 heavy (non-hydrogen) atoms. The third-order valence-electron chi connectivity index (χ3n) is 5.32. The van der Waals surface area contributed by atoms with Gasteiger partial charge in [-0.05, 0) is 36.0 Å². The Morgan fingerprint density at radius 3 is 2.72 bits per heavy atom. The van der Waals surface area contributed by atoms with Crippen LogP contribution in [0.3, 0.4) is 0 Å². The van der Waals surface area contributed by atoms with Gasteiger partial charge in [0.25, 0.3) is 5.91 Å². The van der Waals surface area contributed by atoms with Crippen LogP contribution in [0.15, 0.2) is 65.2 Å². The van der Waals surface area contributed by atoms with Crippen LogP contribution in [0.2, 0.25) is 0 Å². The van der Waals surface area contributed by atoms with E-state index in [0.29, 0.717) is 16.7 Å². The van der Waals surface area contributed by atoms with E-state index in [-0.39, 0.29) is 17.2 Å². The molecule has 7 heteroatoms. The van der Waals surface area contributed by atoms with Gasteiger partial charge in [-0.15, -0.1) is 22.9 Å². The Bertz CT molecular complexity index is 1000. The van der Waals surface area contributed by atoms with Crippen molar-refractivity contribution >= 4 is 40.2 Å². The number of thiazole rings is 1. The van der Waals surface area contributed by atoms with E-state index in [9.17, 15) is 4.79 Å². The summed E-state index contributed by atoms with van der Waals surface area (Å²) < 4.78 is 0. The molecule has 5 nitrogen and oxygen atoms in total. The standard InChI is InChI=1S/C22H21ClN4OS/c1-22(17-7-3-2-4-8-17)11-16(12-22)19-15-29-21(26-19)27(20(28)13-23)25-14-18-9-5-6-10-24-18/h2-10,14-16H,11-13H2,1H3/b25-14+. The van der Waals surface area contributed by atoms with Crippen molar-refractivity contribution in [2.24, 2.45) is 5.10 Å². The van der Waals surface area contributed by atoms with Gasteiger partial charge < -0.3 is 0 Å². The van der Waals surface area contributed by atoms with Gasteiger partial charge in [-0.2, -0.15) is 10.1 Å². The van der Waals surface area contributed by atoms with E-state index < -0.39 is 0 Å². The minimum atomic E-state index is -0.317. The van der Waals surface area contributed by atoms with Gasteiger partial charge in [-0.1, -0.05) is 43.3 Å². The maximum Gasteiger partial charge on any atom is 0.264 e. The van der Waals surface area contributed by atoms with Crippen LogP contribution in [0, 0.1) is 0 Å². The van der Waals surface area contributed by atoms with Gasteiger partial charge in [-0.3, -0.25) is 9.78 Å². The summed E-state index contributed by atoms with van der Waals surface area (Å²) in [6.45, 7) is 2.30. The van der Waals surface area contributed by atoms with Crippen LogP contribution in [-0.2, 0) is 10.2 Å². The van der Waals surface area contributed by atoms with Crippen LogP contribution in [0.5, 0.6) is 0 Å². The quantitative estimate of drug-likeness (QED) is 0.318. The second-order valence-corrected chi connectivity index (χ2v) is 8.53. The predicted octanol–water partition coefficient (Wildman–Crippen LogP) is 4.98. The summed E-state index contributed by atoms with van der Waals surface area (Å²) in [5.41, 5.74) is 3.22. The first-order valence-corrected chi connectivity index (χ1v) is 10.9. The Kier molecular flexibility index (Phi) is 5.74. The molecule has 2 heterocycles. The van der Waals surface area contributed by atoms with Crippen LogP contribution < -0.4 is 5.01 Å². The number of nitrogens with zero attached hydrogens (tertiary/aromatic N) is 4. The van der Waals surface area contributed by atoms with Crippen molar-refractivity contribution in [2.45, 2.75) is 31.1 Å². The van der Waals surface area contributed by atoms with E-state index in [1.54, 1.807) is 12.4 Å². The number of amides is 1. The topological polar surface area (TPSA) is 58.5 Å². The van der Waals surface area contributed by atoms with E-state index in [2.05, 4.69) is 41.3 Å². The molecule has 0 bridgehead atoms. The molecule has 0 spiro atoms. The van der Waals surface area contributed by atoms with Crippen molar-refractivity contribution in [3.8, 4) is 0 Å².